The van der Waals surface area contributed by atoms with Crippen LogP contribution in [-0.4, -0.2) is 52.2 Å². The molecule has 0 heterocycles. The van der Waals surface area contributed by atoms with Gasteiger partial charge in [0.2, 0.25) is 0 Å². The highest BCUT2D eigenvalue weighted by Crippen LogP contribution is 2.37. The molecule has 33 heavy (non-hydrogen) atoms. The average molecular weight is 511 g/mol. The number of carbonyl (C=O) groups is 1. The molecule has 6 nitrogen and oxygen atoms in total. The predicted octanol–water partition coefficient (Wildman–Crippen LogP) is 6.03. The lowest BCUT2D eigenvalue weighted by molar-refractivity contribution is -0.137. The van der Waals surface area contributed by atoms with E-state index in [0.29, 0.717) is 33.0 Å². The van der Waals surface area contributed by atoms with Crippen molar-refractivity contribution in [2.75, 3.05) is 46.2 Å². The predicted molar refractivity (Wildman–Crippen MR) is 116 cm³/mol. The molecule has 2 rings (SSSR count). The lowest BCUT2D eigenvalue weighted by Gasteiger charge is -2.12. The molecule has 0 amide bonds. The number of hydrogen-bond donors (Lipinski definition) is 0. The number of esters is 1. The molecule has 0 spiro atoms. The van der Waals surface area contributed by atoms with Crippen LogP contribution >= 0.6 is 23.2 Å². The lowest BCUT2D eigenvalue weighted by Crippen LogP contribution is -2.14. The van der Waals surface area contributed by atoms with Crippen LogP contribution in [0.15, 0.2) is 36.4 Å². The second-order valence-electron chi connectivity index (χ2n) is 6.44. The van der Waals surface area contributed by atoms with Gasteiger partial charge >= 0.3 is 12.1 Å². The maximum atomic E-state index is 12.8. The van der Waals surface area contributed by atoms with E-state index in [0.717, 1.165) is 18.2 Å². The quantitative estimate of drug-likeness (QED) is 0.242. The molecule has 0 radical (unpaired) electrons. The number of alkyl halides is 3. The average Bonchev–Trinajstić information content (AvgIpc) is 2.76. The Hall–Kier alpha value is -2.04. The molecule has 2 aromatic carbocycles. The van der Waals surface area contributed by atoms with Crippen molar-refractivity contribution < 1.29 is 41.7 Å². The molecule has 0 N–H and O–H groups in total. The smallest absolute Gasteiger partial charge is 0.416 e. The first-order valence-corrected chi connectivity index (χ1v) is 10.7. The molecule has 0 fully saturated rings. The largest absolute Gasteiger partial charge is 0.460 e. The number of carbonyl (C=O) groups excluding carboxylic acids is 1. The summed E-state index contributed by atoms with van der Waals surface area (Å²) in [5.41, 5.74) is -0.879. The van der Waals surface area contributed by atoms with Crippen LogP contribution in [0.5, 0.6) is 11.5 Å². The summed E-state index contributed by atoms with van der Waals surface area (Å²) in [7, 11) is 0. The Labute approximate surface area is 199 Å². The van der Waals surface area contributed by atoms with Crippen molar-refractivity contribution >= 4 is 29.2 Å². The zero-order valence-electron chi connectivity index (χ0n) is 17.8. The van der Waals surface area contributed by atoms with Crippen molar-refractivity contribution in [2.24, 2.45) is 0 Å². The van der Waals surface area contributed by atoms with Gasteiger partial charge in [0.15, 0.2) is 0 Å². The second kappa shape index (κ2) is 13.6. The third kappa shape index (κ3) is 9.38. The maximum Gasteiger partial charge on any atom is 0.416 e. The van der Waals surface area contributed by atoms with Crippen molar-refractivity contribution in [1.82, 2.24) is 0 Å². The molecule has 11 heteroatoms. The molecule has 0 aromatic heterocycles. The fraction of sp³-hybridized carbons (Fsp3) is 0.409. The summed E-state index contributed by atoms with van der Waals surface area (Å²) in [6.45, 7) is 4.40. The summed E-state index contributed by atoms with van der Waals surface area (Å²) in [6, 6.07) is 6.85. The number of ether oxygens (including phenoxy) is 5. The molecule has 0 aliphatic rings. The van der Waals surface area contributed by atoms with Gasteiger partial charge in [-0.1, -0.05) is 23.2 Å². The van der Waals surface area contributed by atoms with Gasteiger partial charge < -0.3 is 23.7 Å². The zero-order chi connectivity index (χ0) is 24.3. The summed E-state index contributed by atoms with van der Waals surface area (Å²) in [5.74, 6) is -0.572. The number of halogens is 5. The molecule has 0 saturated carbocycles. The van der Waals surface area contributed by atoms with Crippen molar-refractivity contribution in [3.8, 4) is 11.5 Å². The van der Waals surface area contributed by atoms with Crippen molar-refractivity contribution in [1.29, 1.82) is 0 Å². The van der Waals surface area contributed by atoms with Gasteiger partial charge in [-0.2, -0.15) is 13.2 Å². The third-order valence-electron chi connectivity index (χ3n) is 4.05. The van der Waals surface area contributed by atoms with E-state index in [1.165, 1.54) is 18.2 Å². The standard InChI is InChI=1S/C22H23Cl2F3O6/c1-2-29-7-8-30-9-10-31-11-12-32-21(28)17-14-16(4-5-18(17)23)33-20-6-3-15(13-19(20)24)22(25,26)27/h3-6,13-14H,2,7-12H2,1H3. The van der Waals surface area contributed by atoms with Crippen molar-refractivity contribution in [3.63, 3.8) is 0 Å². The summed E-state index contributed by atoms with van der Waals surface area (Å²) in [5, 5.41) is -0.114. The van der Waals surface area contributed by atoms with Gasteiger partial charge in [-0.25, -0.2) is 4.79 Å². The van der Waals surface area contributed by atoms with E-state index in [4.69, 9.17) is 46.9 Å². The van der Waals surface area contributed by atoms with Crippen LogP contribution in [0.25, 0.3) is 0 Å². The maximum absolute atomic E-state index is 12.8. The van der Waals surface area contributed by atoms with Crippen LogP contribution in [0.4, 0.5) is 13.2 Å². The minimum absolute atomic E-state index is 0.00999. The molecule has 0 aliphatic heterocycles. The minimum Gasteiger partial charge on any atom is -0.460 e. The molecular formula is C22H23Cl2F3O6. The van der Waals surface area contributed by atoms with Crippen LogP contribution in [0.1, 0.15) is 22.8 Å². The Morgan fingerprint density at radius 2 is 1.48 bits per heavy atom. The number of rotatable bonds is 13. The van der Waals surface area contributed by atoms with Crippen LogP contribution in [0.2, 0.25) is 10.0 Å². The summed E-state index contributed by atoms with van der Waals surface area (Å²) >= 11 is 12.0. The van der Waals surface area contributed by atoms with Gasteiger partial charge in [0, 0.05) is 6.61 Å². The van der Waals surface area contributed by atoms with E-state index >= 15 is 0 Å². The van der Waals surface area contributed by atoms with Gasteiger partial charge in [-0.3, -0.25) is 0 Å². The first-order chi connectivity index (χ1) is 15.7. The molecule has 2 aromatic rings. The second-order valence-corrected chi connectivity index (χ2v) is 7.26. The Bertz CT molecular complexity index is 908. The number of hydrogen-bond acceptors (Lipinski definition) is 6. The summed E-state index contributed by atoms with van der Waals surface area (Å²) < 4.78 is 64.7. The Morgan fingerprint density at radius 3 is 2.09 bits per heavy atom. The molecule has 0 saturated heterocycles. The lowest BCUT2D eigenvalue weighted by atomic mass is 10.2. The van der Waals surface area contributed by atoms with Gasteiger partial charge in [-0.15, -0.1) is 0 Å². The van der Waals surface area contributed by atoms with Crippen LogP contribution in [0.3, 0.4) is 0 Å². The first kappa shape index (κ1) is 27.2. The Morgan fingerprint density at radius 1 is 0.848 bits per heavy atom. The van der Waals surface area contributed by atoms with E-state index in [2.05, 4.69) is 0 Å². The van der Waals surface area contributed by atoms with Gasteiger partial charge in [0.25, 0.3) is 0 Å². The van der Waals surface area contributed by atoms with E-state index in [9.17, 15) is 18.0 Å². The van der Waals surface area contributed by atoms with Crippen molar-refractivity contribution in [3.05, 3.63) is 57.6 Å². The fourth-order valence-corrected chi connectivity index (χ4v) is 2.88. The SMILES string of the molecule is CCOCCOCCOCCOC(=O)c1cc(Oc2ccc(C(F)(F)F)cc2Cl)ccc1Cl. The minimum atomic E-state index is -4.53. The van der Waals surface area contributed by atoms with E-state index in [-0.39, 0.29) is 40.3 Å². The molecule has 0 bridgehead atoms. The molecular weight excluding hydrogens is 488 g/mol. The third-order valence-corrected chi connectivity index (χ3v) is 4.68. The van der Waals surface area contributed by atoms with Gasteiger partial charge in [0.05, 0.1) is 54.2 Å². The Kier molecular flexibility index (Phi) is 11.2. The molecule has 0 aliphatic carbocycles. The van der Waals surface area contributed by atoms with Crippen molar-refractivity contribution in [2.45, 2.75) is 13.1 Å². The summed E-state index contributed by atoms with van der Waals surface area (Å²) in [6.07, 6.45) is -4.53. The fourth-order valence-electron chi connectivity index (χ4n) is 2.47. The van der Waals surface area contributed by atoms with Gasteiger partial charge in [0.1, 0.15) is 18.1 Å². The van der Waals surface area contributed by atoms with Gasteiger partial charge in [-0.05, 0) is 43.3 Å². The highest BCUT2D eigenvalue weighted by molar-refractivity contribution is 6.33. The molecule has 0 unspecified atom stereocenters. The topological polar surface area (TPSA) is 63.2 Å². The van der Waals surface area contributed by atoms with E-state index in [1.54, 1.807) is 0 Å². The van der Waals surface area contributed by atoms with Crippen LogP contribution in [-0.2, 0) is 25.1 Å². The highest BCUT2D eigenvalue weighted by Gasteiger charge is 2.31. The van der Waals surface area contributed by atoms with Crippen LogP contribution in [0, 0.1) is 0 Å². The Balaban J connectivity index is 1.84. The monoisotopic (exact) mass is 510 g/mol. The highest BCUT2D eigenvalue weighted by atomic mass is 35.5. The zero-order valence-corrected chi connectivity index (χ0v) is 19.3. The normalized spacial score (nSPS) is 11.5. The molecule has 0 atom stereocenters. The molecule has 182 valence electrons. The van der Waals surface area contributed by atoms with E-state index < -0.39 is 17.7 Å². The van der Waals surface area contributed by atoms with E-state index in [1.807, 2.05) is 6.92 Å². The summed E-state index contributed by atoms with van der Waals surface area (Å²) in [4.78, 5) is 12.3. The first-order valence-electron chi connectivity index (χ1n) is 9.97. The van der Waals surface area contributed by atoms with Crippen LogP contribution < -0.4 is 4.74 Å². The number of benzene rings is 2.